The Labute approximate surface area is 98.3 Å². The summed E-state index contributed by atoms with van der Waals surface area (Å²) in [5.41, 5.74) is 0.231. The van der Waals surface area contributed by atoms with Crippen molar-refractivity contribution in [3.8, 4) is 0 Å². The molecule has 1 saturated carbocycles. The van der Waals surface area contributed by atoms with E-state index in [1.807, 2.05) is 0 Å². The largest absolute Gasteiger partial charge is 0.385 e. The molecule has 0 heterocycles. The Bertz CT molecular complexity index is 180. The molecule has 0 aromatic rings. The van der Waals surface area contributed by atoms with E-state index in [9.17, 15) is 0 Å². The summed E-state index contributed by atoms with van der Waals surface area (Å²) in [6.45, 7) is 6.00. The monoisotopic (exact) mass is 234 g/mol. The highest BCUT2D eigenvalue weighted by atomic mass is 35.5. The number of hydrogen-bond donors (Lipinski definition) is 0. The predicted octanol–water partition coefficient (Wildman–Crippen LogP) is 3.23. The van der Waals surface area contributed by atoms with Gasteiger partial charge in [-0.15, -0.1) is 11.6 Å². The molecule has 1 rings (SSSR count). The maximum atomic E-state index is 6.30. The lowest BCUT2D eigenvalue weighted by Gasteiger charge is -2.52. The van der Waals surface area contributed by atoms with Crippen LogP contribution in [0.2, 0.25) is 0 Å². The molecule has 0 bridgehead atoms. The Morgan fingerprint density at radius 2 is 1.93 bits per heavy atom. The third-order valence-electron chi connectivity index (χ3n) is 3.81. The Balaban J connectivity index is 2.30. The first kappa shape index (κ1) is 13.3. The minimum absolute atomic E-state index is 0.231. The summed E-state index contributed by atoms with van der Waals surface area (Å²) in [6, 6.07) is 0. The number of rotatable bonds is 7. The van der Waals surface area contributed by atoms with Gasteiger partial charge in [0.2, 0.25) is 0 Å². The zero-order chi connectivity index (χ0) is 11.3. The molecule has 90 valence electrons. The fourth-order valence-electron chi connectivity index (χ4n) is 2.51. The van der Waals surface area contributed by atoms with E-state index in [2.05, 4.69) is 13.8 Å². The molecule has 0 aromatic heterocycles. The highest BCUT2D eigenvalue weighted by Crippen LogP contribution is 2.51. The molecule has 15 heavy (non-hydrogen) atoms. The van der Waals surface area contributed by atoms with Crippen molar-refractivity contribution in [3.05, 3.63) is 0 Å². The minimum Gasteiger partial charge on any atom is -0.385 e. The molecule has 1 fully saturated rings. The molecular weight excluding hydrogens is 212 g/mol. The van der Waals surface area contributed by atoms with E-state index in [-0.39, 0.29) is 5.41 Å². The fourth-order valence-corrected chi connectivity index (χ4v) is 3.12. The van der Waals surface area contributed by atoms with Gasteiger partial charge in [-0.05, 0) is 25.7 Å². The molecule has 3 heteroatoms. The zero-order valence-corrected chi connectivity index (χ0v) is 10.8. The van der Waals surface area contributed by atoms with Gasteiger partial charge in [-0.3, -0.25) is 0 Å². The first-order valence-electron chi connectivity index (χ1n) is 5.95. The lowest BCUT2D eigenvalue weighted by Crippen LogP contribution is -2.55. The van der Waals surface area contributed by atoms with Gasteiger partial charge in [0.25, 0.3) is 0 Å². The van der Waals surface area contributed by atoms with Gasteiger partial charge in [0.15, 0.2) is 0 Å². The van der Waals surface area contributed by atoms with Crippen molar-refractivity contribution in [2.75, 3.05) is 20.3 Å². The van der Waals surface area contributed by atoms with Crippen molar-refractivity contribution < 1.29 is 9.47 Å². The van der Waals surface area contributed by atoms with Crippen LogP contribution in [0.1, 0.15) is 39.5 Å². The second-order valence-electron chi connectivity index (χ2n) is 4.35. The first-order chi connectivity index (χ1) is 7.21. The average molecular weight is 235 g/mol. The second-order valence-corrected chi connectivity index (χ2v) is 4.88. The van der Waals surface area contributed by atoms with Crippen LogP contribution < -0.4 is 0 Å². The molecule has 0 radical (unpaired) electrons. The van der Waals surface area contributed by atoms with E-state index in [4.69, 9.17) is 21.1 Å². The van der Waals surface area contributed by atoms with Crippen LogP contribution >= 0.6 is 11.6 Å². The van der Waals surface area contributed by atoms with E-state index in [0.717, 1.165) is 38.9 Å². The van der Waals surface area contributed by atoms with Crippen LogP contribution in [-0.4, -0.2) is 31.8 Å². The van der Waals surface area contributed by atoms with E-state index < -0.39 is 0 Å². The van der Waals surface area contributed by atoms with Crippen molar-refractivity contribution in [1.82, 2.24) is 0 Å². The molecule has 0 amide bonds. The van der Waals surface area contributed by atoms with E-state index in [1.54, 1.807) is 7.11 Å². The minimum atomic E-state index is 0.231. The number of halogens is 1. The molecule has 0 N–H and O–H groups in total. The number of alkyl halides is 1. The number of methoxy groups -OCH3 is 1. The van der Waals surface area contributed by atoms with Crippen LogP contribution in [0, 0.1) is 5.41 Å². The summed E-state index contributed by atoms with van der Waals surface area (Å²) in [6.07, 6.45) is 4.59. The summed E-state index contributed by atoms with van der Waals surface area (Å²) in [7, 11) is 1.72. The van der Waals surface area contributed by atoms with Gasteiger partial charge in [0, 0.05) is 31.1 Å². The highest BCUT2D eigenvalue weighted by molar-refractivity contribution is 6.21. The topological polar surface area (TPSA) is 18.5 Å². The fraction of sp³-hybridized carbons (Fsp3) is 1.00. The first-order valence-corrected chi connectivity index (χ1v) is 6.39. The summed E-state index contributed by atoms with van der Waals surface area (Å²) < 4.78 is 10.9. The molecule has 2 nitrogen and oxygen atoms in total. The molecule has 2 atom stereocenters. The highest BCUT2D eigenvalue weighted by Gasteiger charge is 2.52. The maximum Gasteiger partial charge on any atom is 0.0659 e. The average Bonchev–Trinajstić information content (AvgIpc) is 2.24. The van der Waals surface area contributed by atoms with Gasteiger partial charge in [-0.1, -0.05) is 13.8 Å². The van der Waals surface area contributed by atoms with Crippen LogP contribution in [0.4, 0.5) is 0 Å². The van der Waals surface area contributed by atoms with Gasteiger partial charge in [-0.2, -0.15) is 0 Å². The molecule has 1 aliphatic rings. The molecule has 2 unspecified atom stereocenters. The normalized spacial score (nSPS) is 28.8. The van der Waals surface area contributed by atoms with Gasteiger partial charge >= 0.3 is 0 Å². The van der Waals surface area contributed by atoms with Crippen molar-refractivity contribution >= 4 is 11.6 Å². The van der Waals surface area contributed by atoms with Gasteiger partial charge in [0.1, 0.15) is 0 Å². The zero-order valence-electron chi connectivity index (χ0n) is 10.1. The second kappa shape index (κ2) is 6.07. The quantitative estimate of drug-likeness (QED) is 0.498. The maximum absolute atomic E-state index is 6.30. The van der Waals surface area contributed by atoms with Crippen LogP contribution in [0.5, 0.6) is 0 Å². The van der Waals surface area contributed by atoms with E-state index in [1.165, 1.54) is 0 Å². The summed E-state index contributed by atoms with van der Waals surface area (Å²) in [4.78, 5) is 0. The molecule has 0 spiro atoms. The Morgan fingerprint density at radius 3 is 2.40 bits per heavy atom. The molecule has 0 aliphatic heterocycles. The van der Waals surface area contributed by atoms with Crippen molar-refractivity contribution in [3.63, 3.8) is 0 Å². The van der Waals surface area contributed by atoms with Crippen LogP contribution in [0.25, 0.3) is 0 Å². The third-order valence-corrected chi connectivity index (χ3v) is 4.43. The van der Waals surface area contributed by atoms with Gasteiger partial charge < -0.3 is 9.47 Å². The lowest BCUT2D eigenvalue weighted by molar-refractivity contribution is -0.114. The molecule has 0 aromatic carbocycles. The smallest absolute Gasteiger partial charge is 0.0659 e. The summed E-state index contributed by atoms with van der Waals surface area (Å²) >= 11 is 6.30. The van der Waals surface area contributed by atoms with E-state index in [0.29, 0.717) is 11.5 Å². The molecule has 1 aliphatic carbocycles. The van der Waals surface area contributed by atoms with E-state index >= 15 is 0 Å². The Hall–Kier alpha value is 0.210. The van der Waals surface area contributed by atoms with Crippen molar-refractivity contribution in [1.29, 1.82) is 0 Å². The van der Waals surface area contributed by atoms with Crippen molar-refractivity contribution in [2.45, 2.75) is 51.0 Å². The van der Waals surface area contributed by atoms with Crippen molar-refractivity contribution in [2.24, 2.45) is 5.41 Å². The van der Waals surface area contributed by atoms with Gasteiger partial charge in [-0.25, -0.2) is 0 Å². The van der Waals surface area contributed by atoms with Crippen LogP contribution in [0.15, 0.2) is 0 Å². The molecular formula is C12H23ClO2. The SMILES string of the molecule is CCC1(CC)C(Cl)CC1OCCCOC. The Kier molecular flexibility index (Phi) is 5.37. The van der Waals surface area contributed by atoms with Gasteiger partial charge in [0.05, 0.1) is 6.10 Å². The number of ether oxygens (including phenoxy) is 2. The standard InChI is InChI=1S/C12H23ClO2/c1-4-12(5-2)10(13)9-11(12)15-8-6-7-14-3/h10-11H,4-9H2,1-3H3. The number of hydrogen-bond acceptors (Lipinski definition) is 2. The predicted molar refractivity (Wildman–Crippen MR) is 63.5 cm³/mol. The third kappa shape index (κ3) is 2.66. The summed E-state index contributed by atoms with van der Waals surface area (Å²) in [5, 5.41) is 0.305. The lowest BCUT2D eigenvalue weighted by atomic mass is 9.62. The summed E-state index contributed by atoms with van der Waals surface area (Å²) in [5.74, 6) is 0. The van der Waals surface area contributed by atoms with Crippen LogP contribution in [0.3, 0.4) is 0 Å². The molecule has 0 saturated heterocycles. The van der Waals surface area contributed by atoms with Crippen LogP contribution in [-0.2, 0) is 9.47 Å². The Morgan fingerprint density at radius 1 is 1.27 bits per heavy atom.